The Morgan fingerprint density at radius 1 is 1.31 bits per heavy atom. The highest BCUT2D eigenvalue weighted by molar-refractivity contribution is 6.63. The molecule has 0 aliphatic rings. The molecule has 0 saturated carbocycles. The van der Waals surface area contributed by atoms with Crippen LogP contribution in [-0.2, 0) is 6.18 Å². The van der Waals surface area contributed by atoms with Gasteiger partial charge in [-0.25, -0.2) is 4.98 Å². The number of hydrogen-bond acceptors (Lipinski definition) is 2. The molecule has 0 saturated heterocycles. The van der Waals surface area contributed by atoms with Gasteiger partial charge in [-0.3, -0.25) is 0 Å². The molecule has 2 nitrogen and oxygen atoms in total. The van der Waals surface area contributed by atoms with Crippen LogP contribution in [0.3, 0.4) is 0 Å². The first kappa shape index (κ1) is 12.9. The number of halogens is 6. The summed E-state index contributed by atoms with van der Waals surface area (Å²) in [4.78, 5) is 2.90. The van der Waals surface area contributed by atoms with Crippen LogP contribution in [0.1, 0.15) is 5.89 Å². The fraction of sp³-hybridized carbons (Fsp3) is 0.400. The largest absolute Gasteiger partial charge is 0.468 e. The highest BCUT2D eigenvalue weighted by Gasteiger charge is 2.36. The Bertz CT molecular complexity index is 221. The zero-order valence-electron chi connectivity index (χ0n) is 5.86. The van der Waals surface area contributed by atoms with Gasteiger partial charge in [-0.05, 0) is 0 Å². The van der Waals surface area contributed by atoms with Crippen LogP contribution in [0.5, 0.6) is 0 Å². The van der Waals surface area contributed by atoms with Crippen LogP contribution in [-0.4, -0.2) is 9.28 Å². The summed E-state index contributed by atoms with van der Waals surface area (Å²) >= 11 is 14.4. The number of alkyl halides is 6. The molecule has 0 amide bonds. The Labute approximate surface area is 86.6 Å². The van der Waals surface area contributed by atoms with E-state index in [-0.39, 0.29) is 0 Å². The van der Waals surface area contributed by atoms with Gasteiger partial charge in [0.15, 0.2) is 4.30 Å². The predicted molar refractivity (Wildman–Crippen MR) is 42.9 cm³/mol. The fourth-order valence-corrected chi connectivity index (χ4v) is 0.363. The molecule has 1 heterocycles. The Morgan fingerprint density at radius 3 is 1.92 bits per heavy atom. The number of hydrogen-bond donors (Lipinski definition) is 0. The van der Waals surface area contributed by atoms with E-state index in [4.69, 9.17) is 34.8 Å². The van der Waals surface area contributed by atoms with E-state index in [1.165, 1.54) is 0 Å². The lowest BCUT2D eigenvalue weighted by atomic mass is 10.7. The van der Waals surface area contributed by atoms with Gasteiger partial charge in [0, 0.05) is 0 Å². The normalized spacial score (nSPS) is 11.0. The van der Waals surface area contributed by atoms with Crippen LogP contribution in [0.25, 0.3) is 0 Å². The van der Waals surface area contributed by atoms with E-state index >= 15 is 0 Å². The van der Waals surface area contributed by atoms with Crippen molar-refractivity contribution >= 4 is 34.8 Å². The molecule has 0 bridgehead atoms. The summed E-state index contributed by atoms with van der Waals surface area (Å²) in [7, 11) is 0. The maximum atomic E-state index is 11.5. The maximum absolute atomic E-state index is 11.5. The van der Waals surface area contributed by atoms with Crippen molar-refractivity contribution in [3.05, 3.63) is 18.4 Å². The van der Waals surface area contributed by atoms with E-state index in [2.05, 4.69) is 9.40 Å². The summed E-state index contributed by atoms with van der Waals surface area (Å²) in [6.07, 6.45) is -2.63. The van der Waals surface area contributed by atoms with Crippen LogP contribution in [0, 0.1) is 0 Å². The molecule has 0 aliphatic heterocycles. The van der Waals surface area contributed by atoms with Crippen LogP contribution in [0.2, 0.25) is 0 Å². The van der Waals surface area contributed by atoms with Crippen LogP contribution in [0.15, 0.2) is 16.9 Å². The van der Waals surface area contributed by atoms with Gasteiger partial charge in [0.1, 0.15) is 6.26 Å². The van der Waals surface area contributed by atoms with Crippen molar-refractivity contribution in [3.8, 4) is 0 Å². The van der Waals surface area contributed by atoms with Gasteiger partial charge in [0.25, 0.3) is 0 Å². The van der Waals surface area contributed by atoms with Crippen molar-refractivity contribution in [2.75, 3.05) is 0 Å². The molecule has 0 N–H and O–H groups in total. The maximum Gasteiger partial charge on any atom is 0.468 e. The van der Waals surface area contributed by atoms with Gasteiger partial charge >= 0.3 is 12.1 Å². The predicted octanol–water partition coefficient (Wildman–Crippen LogP) is 3.68. The first-order valence-electron chi connectivity index (χ1n) is 2.73. The lowest BCUT2D eigenvalue weighted by molar-refractivity contribution is -0.157. The van der Waals surface area contributed by atoms with Gasteiger partial charge in [0.2, 0.25) is 0 Å². The minimum atomic E-state index is -4.45. The Hall–Kier alpha value is -0.130. The molecule has 13 heavy (non-hydrogen) atoms. The number of aromatic nitrogens is 1. The molecule has 0 fully saturated rings. The summed E-state index contributed by atoms with van der Waals surface area (Å²) in [5.74, 6) is -1.21. The highest BCUT2D eigenvalue weighted by Crippen LogP contribution is 2.26. The lowest BCUT2D eigenvalue weighted by Crippen LogP contribution is -2.04. The Kier molecular flexibility index (Phi) is 5.51. The standard InChI is InChI=1S/C4H2F3NO.CHCl3/c5-4(6,7)3-8-1-2-9-3;2-1(3)4/h1-2H;1H. The average molecular weight is 256 g/mol. The summed E-state index contributed by atoms with van der Waals surface area (Å²) in [6.45, 7) is 0. The van der Waals surface area contributed by atoms with Crippen molar-refractivity contribution in [1.82, 2.24) is 4.98 Å². The van der Waals surface area contributed by atoms with Crippen molar-refractivity contribution < 1.29 is 17.6 Å². The van der Waals surface area contributed by atoms with Crippen molar-refractivity contribution in [2.24, 2.45) is 0 Å². The topological polar surface area (TPSA) is 26.0 Å². The van der Waals surface area contributed by atoms with E-state index < -0.39 is 16.4 Å². The molecular formula is C5H3Cl3F3NO. The zero-order valence-corrected chi connectivity index (χ0v) is 8.12. The monoisotopic (exact) mass is 255 g/mol. The smallest absolute Gasteiger partial charge is 0.441 e. The van der Waals surface area contributed by atoms with Crippen LogP contribution >= 0.6 is 34.8 Å². The molecule has 0 radical (unpaired) electrons. The molecule has 1 rings (SSSR count). The number of oxazole rings is 1. The van der Waals surface area contributed by atoms with E-state index in [0.29, 0.717) is 0 Å². The fourth-order valence-electron chi connectivity index (χ4n) is 0.363. The lowest BCUT2D eigenvalue weighted by Gasteiger charge is -1.96. The Morgan fingerprint density at radius 2 is 1.77 bits per heavy atom. The second-order valence-electron chi connectivity index (χ2n) is 1.58. The average Bonchev–Trinajstić information content (AvgIpc) is 2.31. The molecule has 8 heteroatoms. The minimum absolute atomic E-state index is 0.750. The molecule has 0 aliphatic carbocycles. The van der Waals surface area contributed by atoms with Crippen molar-refractivity contribution in [3.63, 3.8) is 0 Å². The quantitative estimate of drug-likeness (QED) is 0.662. The molecule has 76 valence electrons. The molecule has 0 atom stereocenters. The molecule has 1 aromatic rings. The van der Waals surface area contributed by atoms with E-state index in [0.717, 1.165) is 12.5 Å². The summed E-state index contributed by atoms with van der Waals surface area (Å²) in [5, 5.41) is 0. The molecule has 0 spiro atoms. The summed E-state index contributed by atoms with van der Waals surface area (Å²) in [5.41, 5.74) is 0. The summed E-state index contributed by atoms with van der Waals surface area (Å²) in [6, 6.07) is 0. The van der Waals surface area contributed by atoms with Crippen molar-refractivity contribution in [2.45, 2.75) is 10.5 Å². The van der Waals surface area contributed by atoms with Crippen LogP contribution < -0.4 is 0 Å². The number of nitrogens with zero attached hydrogens (tertiary/aromatic N) is 1. The molecular weight excluding hydrogens is 253 g/mol. The zero-order chi connectivity index (χ0) is 10.5. The Balaban J connectivity index is 0.000000310. The second-order valence-corrected chi connectivity index (χ2v) is 3.56. The van der Waals surface area contributed by atoms with Crippen molar-refractivity contribution in [1.29, 1.82) is 0 Å². The van der Waals surface area contributed by atoms with E-state index in [1.54, 1.807) is 0 Å². The first-order chi connectivity index (χ1) is 5.84. The third kappa shape index (κ3) is 6.98. The van der Waals surface area contributed by atoms with Gasteiger partial charge in [-0.15, -0.1) is 0 Å². The third-order valence-corrected chi connectivity index (χ3v) is 0.675. The third-order valence-electron chi connectivity index (χ3n) is 0.675. The van der Waals surface area contributed by atoms with Gasteiger partial charge in [-0.1, -0.05) is 34.8 Å². The second kappa shape index (κ2) is 5.57. The minimum Gasteiger partial charge on any atom is -0.441 e. The molecule has 0 aromatic carbocycles. The van der Waals surface area contributed by atoms with Crippen LogP contribution in [0.4, 0.5) is 13.2 Å². The molecule has 1 aromatic heterocycles. The molecule has 0 unspecified atom stereocenters. The summed E-state index contributed by atoms with van der Waals surface area (Å²) < 4.78 is 37.6. The van der Waals surface area contributed by atoms with E-state index in [9.17, 15) is 13.2 Å². The number of rotatable bonds is 0. The van der Waals surface area contributed by atoms with E-state index in [1.807, 2.05) is 0 Å². The van der Waals surface area contributed by atoms with Gasteiger partial charge in [-0.2, -0.15) is 13.2 Å². The highest BCUT2D eigenvalue weighted by atomic mass is 35.6. The first-order valence-corrected chi connectivity index (χ1v) is 4.04. The van der Waals surface area contributed by atoms with Gasteiger partial charge in [0.05, 0.1) is 6.20 Å². The SMILES string of the molecule is ClC(Cl)Cl.FC(F)(F)c1ncco1. The van der Waals surface area contributed by atoms with Gasteiger partial charge < -0.3 is 4.42 Å².